The number of hydrogen-bond donors (Lipinski definition) is 0. The summed E-state index contributed by atoms with van der Waals surface area (Å²) in [6, 6.07) is 3.04. The first kappa shape index (κ1) is 15.9. The molecule has 1 rings (SSSR count). The van der Waals surface area contributed by atoms with Gasteiger partial charge in [-0.05, 0) is 25.8 Å². The number of nitro groups is 1. The van der Waals surface area contributed by atoms with Crippen LogP contribution >= 0.6 is 0 Å². The van der Waals surface area contributed by atoms with Crippen molar-refractivity contribution in [3.63, 3.8) is 0 Å². The Morgan fingerprint density at radius 1 is 1.40 bits per heavy atom. The van der Waals surface area contributed by atoms with Gasteiger partial charge in [0.25, 0.3) is 0 Å². The number of nitrogens with zero attached hydrogens (tertiary/aromatic N) is 1. The maximum atomic E-state index is 13.0. The minimum atomic E-state index is -0.632. The van der Waals surface area contributed by atoms with Crippen LogP contribution in [0.5, 0.6) is 5.75 Å². The molecule has 0 N–H and O–H groups in total. The van der Waals surface area contributed by atoms with E-state index in [1.807, 2.05) is 0 Å². The van der Waals surface area contributed by atoms with Gasteiger partial charge in [-0.15, -0.1) is 0 Å². The molecule has 0 spiro atoms. The quantitative estimate of drug-likeness (QED) is 0.317. The summed E-state index contributed by atoms with van der Waals surface area (Å²) < 4.78 is 23.0. The van der Waals surface area contributed by atoms with Crippen LogP contribution in [0.3, 0.4) is 0 Å². The van der Waals surface area contributed by atoms with Gasteiger partial charge in [0.1, 0.15) is 5.82 Å². The number of halogens is 1. The number of rotatable bonds is 8. The molecule has 1 aromatic carbocycles. The molecule has 7 heteroatoms. The van der Waals surface area contributed by atoms with E-state index >= 15 is 0 Å². The lowest BCUT2D eigenvalue weighted by molar-refractivity contribution is -0.385. The van der Waals surface area contributed by atoms with Crippen molar-refractivity contribution >= 4 is 11.7 Å². The molecule has 0 amide bonds. The maximum absolute atomic E-state index is 13.0. The fourth-order valence-corrected chi connectivity index (χ4v) is 1.54. The molecule has 0 aliphatic heterocycles. The van der Waals surface area contributed by atoms with Gasteiger partial charge in [0.05, 0.1) is 18.1 Å². The van der Waals surface area contributed by atoms with Crippen LogP contribution in [0, 0.1) is 15.9 Å². The molecular formula is C13H16FNO5. The van der Waals surface area contributed by atoms with Crippen LogP contribution in [0.1, 0.15) is 26.2 Å². The Labute approximate surface area is 115 Å². The van der Waals surface area contributed by atoms with Crippen molar-refractivity contribution < 1.29 is 23.6 Å². The lowest BCUT2D eigenvalue weighted by Gasteiger charge is -2.06. The molecule has 0 saturated carbocycles. The Kier molecular flexibility index (Phi) is 6.42. The smallest absolute Gasteiger partial charge is 0.311 e. The minimum absolute atomic E-state index is 0.105. The van der Waals surface area contributed by atoms with Gasteiger partial charge >= 0.3 is 11.7 Å². The number of carbonyl (C=O) groups excluding carboxylic acids is 1. The van der Waals surface area contributed by atoms with Gasteiger partial charge in [0.2, 0.25) is 0 Å². The predicted octanol–water partition coefficient (Wildman–Crippen LogP) is 2.85. The van der Waals surface area contributed by atoms with Gasteiger partial charge < -0.3 is 9.47 Å². The number of carbonyl (C=O) groups is 1. The highest BCUT2D eigenvalue weighted by atomic mass is 19.1. The van der Waals surface area contributed by atoms with Gasteiger partial charge in [-0.1, -0.05) is 0 Å². The average molecular weight is 285 g/mol. The van der Waals surface area contributed by atoms with Crippen molar-refractivity contribution in [3.8, 4) is 5.75 Å². The molecule has 0 bridgehead atoms. The molecule has 0 saturated heterocycles. The number of esters is 1. The van der Waals surface area contributed by atoms with Crippen LogP contribution in [-0.2, 0) is 9.53 Å². The Morgan fingerprint density at radius 2 is 2.15 bits per heavy atom. The van der Waals surface area contributed by atoms with E-state index < -0.39 is 10.7 Å². The van der Waals surface area contributed by atoms with Crippen molar-refractivity contribution in [2.45, 2.75) is 26.2 Å². The summed E-state index contributed by atoms with van der Waals surface area (Å²) in [7, 11) is 0. The molecule has 0 unspecified atom stereocenters. The van der Waals surface area contributed by atoms with Crippen LogP contribution < -0.4 is 4.74 Å². The van der Waals surface area contributed by atoms with E-state index in [1.165, 1.54) is 0 Å². The zero-order valence-electron chi connectivity index (χ0n) is 11.1. The largest absolute Gasteiger partial charge is 0.487 e. The highest BCUT2D eigenvalue weighted by Crippen LogP contribution is 2.27. The second-order valence-corrected chi connectivity index (χ2v) is 3.98. The summed E-state index contributed by atoms with van der Waals surface area (Å²) in [6.07, 6.45) is 1.33. The van der Waals surface area contributed by atoms with Crippen molar-refractivity contribution in [2.75, 3.05) is 13.2 Å². The Balaban J connectivity index is 2.40. The third-order valence-corrected chi connectivity index (χ3v) is 2.46. The summed E-state index contributed by atoms with van der Waals surface area (Å²) in [5.74, 6) is -0.993. The van der Waals surface area contributed by atoms with Gasteiger partial charge in [0.15, 0.2) is 5.75 Å². The molecule has 0 aromatic heterocycles. The van der Waals surface area contributed by atoms with Crippen molar-refractivity contribution in [1.82, 2.24) is 0 Å². The van der Waals surface area contributed by atoms with Crippen LogP contribution in [-0.4, -0.2) is 24.1 Å². The molecular weight excluding hydrogens is 269 g/mol. The van der Waals surface area contributed by atoms with Crippen LogP contribution in [0.25, 0.3) is 0 Å². The number of nitro benzene ring substituents is 1. The maximum Gasteiger partial charge on any atom is 0.311 e. The monoisotopic (exact) mass is 285 g/mol. The lowest BCUT2D eigenvalue weighted by Crippen LogP contribution is -2.05. The Bertz CT molecular complexity index is 478. The first-order valence-electron chi connectivity index (χ1n) is 6.27. The molecule has 0 aliphatic rings. The summed E-state index contributed by atoms with van der Waals surface area (Å²) in [6.45, 7) is 2.23. The zero-order valence-corrected chi connectivity index (χ0v) is 11.1. The van der Waals surface area contributed by atoms with Crippen LogP contribution in [0.15, 0.2) is 18.2 Å². The third kappa shape index (κ3) is 5.21. The molecule has 0 heterocycles. The molecule has 20 heavy (non-hydrogen) atoms. The summed E-state index contributed by atoms with van der Waals surface area (Å²) >= 11 is 0. The normalized spacial score (nSPS) is 10.1. The van der Waals surface area contributed by atoms with Crippen molar-refractivity contribution in [2.24, 2.45) is 0 Å². The molecule has 0 fully saturated rings. The van der Waals surface area contributed by atoms with E-state index in [0.717, 1.165) is 18.2 Å². The van der Waals surface area contributed by atoms with Crippen molar-refractivity contribution in [3.05, 3.63) is 34.1 Å². The highest BCUT2D eigenvalue weighted by Gasteiger charge is 2.15. The van der Waals surface area contributed by atoms with Gasteiger partial charge in [-0.25, -0.2) is 4.39 Å². The number of hydrogen-bond acceptors (Lipinski definition) is 5. The zero-order chi connectivity index (χ0) is 15.0. The van der Waals surface area contributed by atoms with Gasteiger partial charge in [-0.3, -0.25) is 14.9 Å². The van der Waals surface area contributed by atoms with E-state index in [-0.39, 0.29) is 30.4 Å². The Hall–Kier alpha value is -2.18. The second kappa shape index (κ2) is 8.08. The number of benzene rings is 1. The molecule has 110 valence electrons. The van der Waals surface area contributed by atoms with E-state index in [9.17, 15) is 19.3 Å². The molecule has 6 nitrogen and oxygen atoms in total. The molecule has 0 radical (unpaired) electrons. The standard InChI is InChI=1S/C13H16FNO5/c1-2-19-13(16)5-3-4-8-20-12-9-10(14)6-7-11(12)15(17)18/h6-7,9H,2-5,8H2,1H3. The van der Waals surface area contributed by atoms with Crippen LogP contribution in [0.2, 0.25) is 0 Å². The fourth-order valence-electron chi connectivity index (χ4n) is 1.54. The summed E-state index contributed by atoms with van der Waals surface area (Å²) in [5, 5.41) is 10.7. The molecule has 0 aliphatic carbocycles. The second-order valence-electron chi connectivity index (χ2n) is 3.98. The van der Waals surface area contributed by atoms with E-state index in [2.05, 4.69) is 0 Å². The molecule has 0 atom stereocenters. The van der Waals surface area contributed by atoms with Crippen molar-refractivity contribution in [1.29, 1.82) is 0 Å². The van der Waals surface area contributed by atoms with E-state index in [1.54, 1.807) is 6.92 Å². The highest BCUT2D eigenvalue weighted by molar-refractivity contribution is 5.69. The summed E-state index contributed by atoms with van der Waals surface area (Å²) in [5.41, 5.74) is -0.281. The van der Waals surface area contributed by atoms with Gasteiger partial charge in [0, 0.05) is 18.6 Å². The fraction of sp³-hybridized carbons (Fsp3) is 0.462. The predicted molar refractivity (Wildman–Crippen MR) is 69.0 cm³/mol. The minimum Gasteiger partial charge on any atom is -0.487 e. The van der Waals surface area contributed by atoms with Gasteiger partial charge in [-0.2, -0.15) is 0 Å². The molecule has 1 aromatic rings. The van der Waals surface area contributed by atoms with Crippen LogP contribution in [0.4, 0.5) is 10.1 Å². The Morgan fingerprint density at radius 3 is 2.80 bits per heavy atom. The summed E-state index contributed by atoms with van der Waals surface area (Å²) in [4.78, 5) is 21.2. The van der Waals surface area contributed by atoms with E-state index in [0.29, 0.717) is 19.4 Å². The topological polar surface area (TPSA) is 78.7 Å². The first-order chi connectivity index (χ1) is 9.54. The van der Waals surface area contributed by atoms with E-state index in [4.69, 9.17) is 9.47 Å². The average Bonchev–Trinajstić information content (AvgIpc) is 2.38. The first-order valence-corrected chi connectivity index (χ1v) is 6.27. The number of unbranched alkanes of at least 4 members (excludes halogenated alkanes) is 1. The lowest BCUT2D eigenvalue weighted by atomic mass is 10.2. The SMILES string of the molecule is CCOC(=O)CCCCOc1cc(F)ccc1[N+](=O)[O-]. The number of ether oxygens (including phenoxy) is 2. The third-order valence-electron chi connectivity index (χ3n) is 2.46.